The number of carbonyl (C=O) groups is 1. The maximum Gasteiger partial charge on any atom is 0.276 e. The van der Waals surface area contributed by atoms with E-state index in [9.17, 15) is 4.79 Å². The average Bonchev–Trinajstić information content (AvgIpc) is 2.49. The Hall–Kier alpha value is -2.34. The van der Waals surface area contributed by atoms with Crippen molar-refractivity contribution in [1.29, 1.82) is 0 Å². The summed E-state index contributed by atoms with van der Waals surface area (Å²) in [6.45, 7) is 1.85. The first-order chi connectivity index (χ1) is 10.0. The van der Waals surface area contributed by atoms with E-state index in [1.807, 2.05) is 6.92 Å². The minimum atomic E-state index is -0.380. The Morgan fingerprint density at radius 2 is 1.81 bits per heavy atom. The van der Waals surface area contributed by atoms with E-state index in [0.29, 0.717) is 17.2 Å². The van der Waals surface area contributed by atoms with Crippen LogP contribution in [0.15, 0.2) is 24.3 Å². The normalized spacial score (nSPS) is 10.1. The molecule has 2 rings (SSSR count). The Balaban J connectivity index is 2.26. The highest BCUT2D eigenvalue weighted by Crippen LogP contribution is 2.33. The summed E-state index contributed by atoms with van der Waals surface area (Å²) in [5.74, 6) is 0.745. The monoisotopic (exact) mass is 307 g/mol. The number of nitrogens with zero attached hydrogens (tertiary/aromatic N) is 2. The van der Waals surface area contributed by atoms with Gasteiger partial charge in [-0.3, -0.25) is 4.79 Å². The minimum Gasteiger partial charge on any atom is -0.493 e. The Morgan fingerprint density at radius 1 is 1.14 bits per heavy atom. The third-order valence-electron chi connectivity index (χ3n) is 2.84. The van der Waals surface area contributed by atoms with Gasteiger partial charge in [0.15, 0.2) is 22.3 Å². The summed E-state index contributed by atoms with van der Waals surface area (Å²) >= 11 is 5.64. The summed E-state index contributed by atoms with van der Waals surface area (Å²) in [7, 11) is 3.09. The molecular formula is C14H14ClN3O3. The lowest BCUT2D eigenvalue weighted by Crippen LogP contribution is -2.15. The number of aryl methyl sites for hydroxylation is 1. The molecule has 0 bridgehead atoms. The number of benzene rings is 1. The number of aromatic nitrogens is 2. The van der Waals surface area contributed by atoms with E-state index < -0.39 is 0 Å². The van der Waals surface area contributed by atoms with Crippen molar-refractivity contribution >= 4 is 23.2 Å². The summed E-state index contributed by atoms with van der Waals surface area (Å²) in [6, 6.07) is 6.48. The molecule has 1 N–H and O–H groups in total. The molecule has 110 valence electrons. The van der Waals surface area contributed by atoms with Gasteiger partial charge < -0.3 is 14.8 Å². The molecule has 0 aliphatic heterocycles. The average molecular weight is 308 g/mol. The third kappa shape index (κ3) is 3.41. The Bertz CT molecular complexity index is 659. The maximum absolute atomic E-state index is 12.1. The van der Waals surface area contributed by atoms with Gasteiger partial charge in [0.2, 0.25) is 0 Å². The van der Waals surface area contributed by atoms with E-state index >= 15 is 0 Å². The van der Waals surface area contributed by atoms with Crippen molar-refractivity contribution in [3.63, 3.8) is 0 Å². The molecule has 2 aromatic rings. The van der Waals surface area contributed by atoms with Gasteiger partial charge in [0.25, 0.3) is 5.91 Å². The molecule has 0 radical (unpaired) electrons. The number of anilines is 1. The number of carbonyl (C=O) groups excluding carboxylic acids is 1. The molecule has 7 heteroatoms. The van der Waals surface area contributed by atoms with E-state index in [0.717, 1.165) is 5.56 Å². The second-order valence-corrected chi connectivity index (χ2v) is 4.60. The van der Waals surface area contributed by atoms with Gasteiger partial charge in [0.1, 0.15) is 0 Å². The van der Waals surface area contributed by atoms with Crippen molar-refractivity contribution in [3.8, 4) is 11.5 Å². The summed E-state index contributed by atoms with van der Waals surface area (Å²) in [5.41, 5.74) is 1.62. The highest BCUT2D eigenvalue weighted by atomic mass is 35.5. The van der Waals surface area contributed by atoms with Crippen LogP contribution < -0.4 is 14.8 Å². The summed E-state index contributed by atoms with van der Waals surface area (Å²) in [5, 5.41) is 10.3. The Kier molecular flexibility index (Phi) is 4.59. The van der Waals surface area contributed by atoms with Gasteiger partial charge in [-0.2, -0.15) is 0 Å². The lowest BCUT2D eigenvalue weighted by atomic mass is 10.1. The lowest BCUT2D eigenvalue weighted by molar-refractivity contribution is 0.102. The van der Waals surface area contributed by atoms with E-state index in [1.54, 1.807) is 19.2 Å². The van der Waals surface area contributed by atoms with Gasteiger partial charge in [-0.05, 0) is 30.7 Å². The van der Waals surface area contributed by atoms with Crippen LogP contribution in [-0.2, 0) is 0 Å². The first-order valence-corrected chi connectivity index (χ1v) is 6.46. The molecule has 0 aliphatic carbocycles. The largest absolute Gasteiger partial charge is 0.493 e. The van der Waals surface area contributed by atoms with Crippen molar-refractivity contribution in [3.05, 3.63) is 40.7 Å². The van der Waals surface area contributed by atoms with Crippen molar-refractivity contribution in [2.24, 2.45) is 0 Å². The minimum absolute atomic E-state index is 0.175. The molecule has 0 unspecified atom stereocenters. The number of methoxy groups -OCH3 is 2. The van der Waals surface area contributed by atoms with Gasteiger partial charge in [-0.15, -0.1) is 10.2 Å². The van der Waals surface area contributed by atoms with E-state index in [-0.39, 0.29) is 16.8 Å². The van der Waals surface area contributed by atoms with Crippen LogP contribution in [0, 0.1) is 6.92 Å². The zero-order chi connectivity index (χ0) is 15.4. The standard InChI is InChI=1S/C14H14ClN3O3/c1-8-6-11(20-2)12(21-3)7-10(8)16-14(19)9-4-5-13(15)18-17-9/h4-7H,1-3H3,(H,16,19). The SMILES string of the molecule is COc1cc(C)c(NC(=O)c2ccc(Cl)nn2)cc1OC. The fourth-order valence-electron chi connectivity index (χ4n) is 1.74. The molecule has 1 amide bonds. The molecular weight excluding hydrogens is 294 g/mol. The van der Waals surface area contributed by atoms with Gasteiger partial charge in [0.05, 0.1) is 14.2 Å². The molecule has 0 spiro atoms. The van der Waals surface area contributed by atoms with Crippen LogP contribution in [0.4, 0.5) is 5.69 Å². The molecule has 0 fully saturated rings. The number of rotatable bonds is 4. The van der Waals surface area contributed by atoms with Gasteiger partial charge in [0, 0.05) is 11.8 Å². The van der Waals surface area contributed by atoms with Gasteiger partial charge >= 0.3 is 0 Å². The quantitative estimate of drug-likeness (QED) is 0.940. The number of hydrogen-bond acceptors (Lipinski definition) is 5. The summed E-state index contributed by atoms with van der Waals surface area (Å²) in [4.78, 5) is 12.1. The molecule has 0 saturated carbocycles. The lowest BCUT2D eigenvalue weighted by Gasteiger charge is -2.13. The molecule has 6 nitrogen and oxygen atoms in total. The maximum atomic E-state index is 12.1. The highest BCUT2D eigenvalue weighted by Gasteiger charge is 2.13. The van der Waals surface area contributed by atoms with Gasteiger partial charge in [-0.25, -0.2) is 0 Å². The Labute approximate surface area is 127 Å². The van der Waals surface area contributed by atoms with Crippen LogP contribution in [-0.4, -0.2) is 30.3 Å². The van der Waals surface area contributed by atoms with Crippen molar-refractivity contribution in [2.45, 2.75) is 6.92 Å². The molecule has 1 aromatic heterocycles. The van der Waals surface area contributed by atoms with Gasteiger partial charge in [-0.1, -0.05) is 11.6 Å². The first-order valence-electron chi connectivity index (χ1n) is 6.08. The number of amides is 1. The fraction of sp³-hybridized carbons (Fsp3) is 0.214. The van der Waals surface area contributed by atoms with Crippen LogP contribution in [0.3, 0.4) is 0 Å². The van der Waals surface area contributed by atoms with Crippen molar-refractivity contribution in [2.75, 3.05) is 19.5 Å². The predicted octanol–water partition coefficient (Wildman–Crippen LogP) is 2.71. The molecule has 0 atom stereocenters. The summed E-state index contributed by atoms with van der Waals surface area (Å²) < 4.78 is 10.4. The van der Waals surface area contributed by atoms with Crippen LogP contribution in [0.2, 0.25) is 5.15 Å². The van der Waals surface area contributed by atoms with E-state index in [4.69, 9.17) is 21.1 Å². The van der Waals surface area contributed by atoms with Crippen LogP contribution >= 0.6 is 11.6 Å². The second-order valence-electron chi connectivity index (χ2n) is 4.22. The number of nitrogens with one attached hydrogen (secondary N) is 1. The molecule has 0 saturated heterocycles. The Morgan fingerprint density at radius 3 is 2.38 bits per heavy atom. The van der Waals surface area contributed by atoms with Crippen LogP contribution in [0.25, 0.3) is 0 Å². The van der Waals surface area contributed by atoms with E-state index in [2.05, 4.69) is 15.5 Å². The molecule has 21 heavy (non-hydrogen) atoms. The highest BCUT2D eigenvalue weighted by molar-refractivity contribution is 6.29. The topological polar surface area (TPSA) is 73.3 Å². The van der Waals surface area contributed by atoms with Crippen LogP contribution in [0.5, 0.6) is 11.5 Å². The van der Waals surface area contributed by atoms with Crippen LogP contribution in [0.1, 0.15) is 16.1 Å². The molecule has 1 aromatic carbocycles. The third-order valence-corrected chi connectivity index (χ3v) is 3.04. The first kappa shape index (κ1) is 15.1. The fourth-order valence-corrected chi connectivity index (χ4v) is 1.84. The number of hydrogen-bond donors (Lipinski definition) is 1. The zero-order valence-corrected chi connectivity index (χ0v) is 12.6. The summed E-state index contributed by atoms with van der Waals surface area (Å²) in [6.07, 6.45) is 0. The van der Waals surface area contributed by atoms with E-state index in [1.165, 1.54) is 19.2 Å². The zero-order valence-electron chi connectivity index (χ0n) is 11.8. The predicted molar refractivity (Wildman–Crippen MR) is 79.3 cm³/mol. The van der Waals surface area contributed by atoms with Crippen molar-refractivity contribution < 1.29 is 14.3 Å². The number of halogens is 1. The smallest absolute Gasteiger partial charge is 0.276 e. The van der Waals surface area contributed by atoms with Crippen molar-refractivity contribution in [1.82, 2.24) is 10.2 Å². The molecule has 0 aliphatic rings. The second kappa shape index (κ2) is 6.41. The molecule has 1 heterocycles. The number of ether oxygens (including phenoxy) is 2.